The topological polar surface area (TPSA) is 62.0 Å². The fourth-order valence-electron chi connectivity index (χ4n) is 1.29. The molecule has 0 saturated heterocycles. The van der Waals surface area contributed by atoms with Crippen molar-refractivity contribution in [3.05, 3.63) is 54.6 Å². The van der Waals surface area contributed by atoms with Crippen molar-refractivity contribution < 1.29 is 8.76 Å². The minimum atomic E-state index is -2.05. The molecule has 0 saturated carbocycles. The Hall–Kier alpha value is -1.85. The van der Waals surface area contributed by atoms with Gasteiger partial charge in [0.2, 0.25) is 0 Å². The molecule has 1 unspecified atom stereocenters. The van der Waals surface area contributed by atoms with Crippen LogP contribution >= 0.6 is 0 Å². The molecule has 1 N–H and O–H groups in total. The molecule has 0 spiro atoms. The molecule has 17 heavy (non-hydrogen) atoms. The molecule has 5 heteroatoms. The lowest BCUT2D eigenvalue weighted by Crippen LogP contribution is -1.87. The number of hydrogen-bond acceptors (Lipinski definition) is 3. The number of nitrogens with zero attached hydrogens (tertiary/aromatic N) is 2. The molecule has 1 atom stereocenters. The minimum Gasteiger partial charge on any atom is -0.302 e. The third-order valence-electron chi connectivity index (χ3n) is 2.08. The summed E-state index contributed by atoms with van der Waals surface area (Å²) in [7, 11) is 0. The zero-order valence-corrected chi connectivity index (χ0v) is 9.67. The quantitative estimate of drug-likeness (QED) is 0.663. The lowest BCUT2D eigenvalue weighted by molar-refractivity contribution is 0.564. The van der Waals surface area contributed by atoms with Crippen LogP contribution < -0.4 is 0 Å². The summed E-state index contributed by atoms with van der Waals surface area (Å²) < 4.78 is 20.1. The van der Waals surface area contributed by atoms with Gasteiger partial charge in [0.1, 0.15) is 5.69 Å². The Bertz CT molecular complexity index is 555. The van der Waals surface area contributed by atoms with Crippen molar-refractivity contribution in [1.29, 1.82) is 0 Å². The molecule has 0 bridgehead atoms. The summed E-state index contributed by atoms with van der Waals surface area (Å²) in [5, 5.41) is 7.97. The average Bonchev–Trinajstić information content (AvgIpc) is 2.38. The summed E-state index contributed by atoms with van der Waals surface area (Å²) >= 11 is -2.05. The van der Waals surface area contributed by atoms with Crippen molar-refractivity contribution in [2.75, 3.05) is 0 Å². The molecule has 0 aliphatic heterocycles. The van der Waals surface area contributed by atoms with Crippen molar-refractivity contribution in [2.45, 2.75) is 4.90 Å². The lowest BCUT2D eigenvalue weighted by Gasteiger charge is -1.98. The number of benzene rings is 2. The first-order valence-corrected chi connectivity index (χ1v) is 6.05. The van der Waals surface area contributed by atoms with E-state index >= 15 is 0 Å². The second kappa shape index (κ2) is 5.47. The van der Waals surface area contributed by atoms with Gasteiger partial charge in [-0.05, 0) is 24.3 Å². The third kappa shape index (κ3) is 3.05. The van der Waals surface area contributed by atoms with Gasteiger partial charge < -0.3 is 4.55 Å². The fraction of sp³-hybridized carbons (Fsp3) is 0. The van der Waals surface area contributed by atoms with E-state index < -0.39 is 11.1 Å². The standard InChI is InChI=1S/C12H10N2O2S/c15-17(16)12-9-5-4-8-11(12)14-13-10-6-2-1-3-7-10/h1-9H,(H,15,16). The van der Waals surface area contributed by atoms with Gasteiger partial charge in [-0.1, -0.05) is 30.3 Å². The predicted molar refractivity (Wildman–Crippen MR) is 66.1 cm³/mol. The van der Waals surface area contributed by atoms with Crippen LogP contribution in [-0.2, 0) is 11.1 Å². The zero-order chi connectivity index (χ0) is 12.1. The molecule has 0 amide bonds. The van der Waals surface area contributed by atoms with E-state index in [0.717, 1.165) is 0 Å². The highest BCUT2D eigenvalue weighted by Gasteiger charge is 2.05. The maximum atomic E-state index is 11.0. The SMILES string of the molecule is O=S(O)c1ccccc1N=Nc1ccccc1. The number of hydrogen-bond donors (Lipinski definition) is 1. The second-order valence-electron chi connectivity index (χ2n) is 3.25. The lowest BCUT2D eigenvalue weighted by atomic mass is 10.3. The first-order chi connectivity index (χ1) is 8.27. The van der Waals surface area contributed by atoms with E-state index in [4.69, 9.17) is 4.55 Å². The van der Waals surface area contributed by atoms with Crippen molar-refractivity contribution in [1.82, 2.24) is 0 Å². The normalized spacial score (nSPS) is 12.8. The van der Waals surface area contributed by atoms with Gasteiger partial charge in [0, 0.05) is 0 Å². The maximum absolute atomic E-state index is 11.0. The van der Waals surface area contributed by atoms with Gasteiger partial charge in [-0.25, -0.2) is 4.21 Å². The molecule has 0 fully saturated rings. The number of azo groups is 1. The van der Waals surface area contributed by atoms with Crippen molar-refractivity contribution in [2.24, 2.45) is 10.2 Å². The van der Waals surface area contributed by atoms with Gasteiger partial charge in [0.05, 0.1) is 10.6 Å². The van der Waals surface area contributed by atoms with E-state index in [9.17, 15) is 4.21 Å². The Morgan fingerprint density at radius 2 is 1.53 bits per heavy atom. The van der Waals surface area contributed by atoms with E-state index in [1.807, 2.05) is 30.3 Å². The fourth-order valence-corrected chi connectivity index (χ4v) is 1.78. The highest BCUT2D eigenvalue weighted by atomic mass is 32.2. The summed E-state index contributed by atoms with van der Waals surface area (Å²) in [4.78, 5) is 0.257. The molecular weight excluding hydrogens is 236 g/mol. The Morgan fingerprint density at radius 3 is 2.24 bits per heavy atom. The molecule has 2 rings (SSSR count). The van der Waals surface area contributed by atoms with Crippen molar-refractivity contribution in [3.8, 4) is 0 Å². The van der Waals surface area contributed by atoms with Crippen LogP contribution in [0.15, 0.2) is 69.7 Å². The van der Waals surface area contributed by atoms with E-state index in [0.29, 0.717) is 11.4 Å². The first kappa shape index (κ1) is 11.6. The Labute approximate surface area is 101 Å². The molecule has 0 aliphatic carbocycles. The van der Waals surface area contributed by atoms with E-state index in [2.05, 4.69) is 10.2 Å². The molecule has 86 valence electrons. The highest BCUT2D eigenvalue weighted by molar-refractivity contribution is 7.79. The van der Waals surface area contributed by atoms with Crippen LogP contribution in [0.1, 0.15) is 0 Å². The van der Waals surface area contributed by atoms with Gasteiger partial charge in [-0.2, -0.15) is 5.11 Å². The molecule has 0 radical (unpaired) electrons. The Balaban J connectivity index is 2.30. The van der Waals surface area contributed by atoms with Gasteiger partial charge in [0.25, 0.3) is 0 Å². The molecule has 4 nitrogen and oxygen atoms in total. The van der Waals surface area contributed by atoms with E-state index in [-0.39, 0.29) is 4.90 Å². The largest absolute Gasteiger partial charge is 0.302 e. The minimum absolute atomic E-state index is 0.257. The van der Waals surface area contributed by atoms with Crippen LogP contribution in [0.25, 0.3) is 0 Å². The van der Waals surface area contributed by atoms with E-state index in [1.165, 1.54) is 0 Å². The van der Waals surface area contributed by atoms with Gasteiger partial charge in [-0.15, -0.1) is 5.11 Å². The van der Waals surface area contributed by atoms with E-state index in [1.54, 1.807) is 24.3 Å². The Kier molecular flexibility index (Phi) is 3.74. The average molecular weight is 246 g/mol. The van der Waals surface area contributed by atoms with Crippen LogP contribution in [0.2, 0.25) is 0 Å². The van der Waals surface area contributed by atoms with Gasteiger partial charge in [0.15, 0.2) is 11.1 Å². The highest BCUT2D eigenvalue weighted by Crippen LogP contribution is 2.23. The Morgan fingerprint density at radius 1 is 0.882 bits per heavy atom. The summed E-state index contributed by atoms with van der Waals surface area (Å²) in [5.41, 5.74) is 1.10. The number of rotatable bonds is 3. The van der Waals surface area contributed by atoms with Gasteiger partial charge in [-0.3, -0.25) is 0 Å². The molecule has 0 aliphatic rings. The van der Waals surface area contributed by atoms with Crippen LogP contribution in [0.3, 0.4) is 0 Å². The predicted octanol–water partition coefficient (Wildman–Crippen LogP) is 3.68. The zero-order valence-electron chi connectivity index (χ0n) is 8.85. The van der Waals surface area contributed by atoms with Gasteiger partial charge >= 0.3 is 0 Å². The van der Waals surface area contributed by atoms with Crippen LogP contribution in [-0.4, -0.2) is 8.76 Å². The summed E-state index contributed by atoms with van der Waals surface area (Å²) in [6.07, 6.45) is 0. The molecule has 2 aromatic carbocycles. The summed E-state index contributed by atoms with van der Waals surface area (Å²) in [5.74, 6) is 0. The first-order valence-electron chi connectivity index (χ1n) is 4.94. The van der Waals surface area contributed by atoms with Crippen LogP contribution in [0.4, 0.5) is 11.4 Å². The molecule has 0 heterocycles. The van der Waals surface area contributed by atoms with Crippen LogP contribution in [0.5, 0.6) is 0 Å². The molecular formula is C12H10N2O2S. The summed E-state index contributed by atoms with van der Waals surface area (Å²) in [6, 6.07) is 15.8. The monoisotopic (exact) mass is 246 g/mol. The molecule has 0 aromatic heterocycles. The van der Waals surface area contributed by atoms with Crippen LogP contribution in [0, 0.1) is 0 Å². The summed E-state index contributed by atoms with van der Waals surface area (Å²) in [6.45, 7) is 0. The third-order valence-corrected chi connectivity index (χ3v) is 2.80. The van der Waals surface area contributed by atoms with Crippen molar-refractivity contribution in [3.63, 3.8) is 0 Å². The smallest absolute Gasteiger partial charge is 0.188 e. The molecule has 2 aromatic rings. The van der Waals surface area contributed by atoms with Crippen molar-refractivity contribution >= 4 is 22.5 Å². The maximum Gasteiger partial charge on any atom is 0.188 e. The second-order valence-corrected chi connectivity index (χ2v) is 4.19.